The number of nitrogens with zero attached hydrogens (tertiary/aromatic N) is 3. The monoisotopic (exact) mass is 179 g/mol. The molecule has 0 saturated heterocycles. The van der Waals surface area contributed by atoms with Crippen molar-refractivity contribution in [3.8, 4) is 0 Å². The lowest BCUT2D eigenvalue weighted by Gasteiger charge is -2.11. The average molecular weight is 179 g/mol. The molecule has 0 atom stereocenters. The third-order valence-electron chi connectivity index (χ3n) is 1.90. The molecule has 2 heterocycles. The summed E-state index contributed by atoms with van der Waals surface area (Å²) in [6.45, 7) is 0.868. The predicted octanol–water partition coefficient (Wildman–Crippen LogP) is -0.553. The Morgan fingerprint density at radius 1 is 1.69 bits per heavy atom. The van der Waals surface area contributed by atoms with E-state index in [4.69, 9.17) is 5.73 Å². The van der Waals surface area contributed by atoms with Gasteiger partial charge in [-0.05, 0) is 0 Å². The topological polar surface area (TPSA) is 84.1 Å². The molecule has 0 spiro atoms. The molecule has 6 nitrogen and oxygen atoms in total. The number of hydrogen-bond donors (Lipinski definition) is 2. The maximum Gasteiger partial charge on any atom is 0.159 e. The Kier molecular flexibility index (Phi) is 1.73. The van der Waals surface area contributed by atoms with Crippen LogP contribution in [0.5, 0.6) is 0 Å². The van der Waals surface area contributed by atoms with Crippen molar-refractivity contribution in [2.24, 2.45) is 0 Å². The maximum atomic E-state index is 10.3. The first-order valence-electron chi connectivity index (χ1n) is 3.86. The summed E-state index contributed by atoms with van der Waals surface area (Å²) in [5.74, 6) is 1.11. The molecule has 1 aliphatic heterocycles. The number of nitrogen functional groups attached to an aromatic ring is 1. The van der Waals surface area contributed by atoms with Crippen molar-refractivity contribution >= 4 is 23.6 Å². The van der Waals surface area contributed by atoms with Gasteiger partial charge in [0.25, 0.3) is 0 Å². The second-order valence-corrected chi connectivity index (χ2v) is 2.68. The number of nitrogens with two attached hydrogens (primary N) is 1. The van der Waals surface area contributed by atoms with Crippen LogP contribution >= 0.6 is 0 Å². The molecule has 0 aliphatic carbocycles. The molecule has 6 heteroatoms. The van der Waals surface area contributed by atoms with Crippen LogP contribution in [0.2, 0.25) is 0 Å². The van der Waals surface area contributed by atoms with Gasteiger partial charge in [-0.1, -0.05) is 0 Å². The zero-order valence-electron chi connectivity index (χ0n) is 6.90. The van der Waals surface area contributed by atoms with E-state index in [9.17, 15) is 4.79 Å². The van der Waals surface area contributed by atoms with Crippen molar-refractivity contribution in [2.75, 3.05) is 29.2 Å². The minimum Gasteiger partial charge on any atom is -0.382 e. The van der Waals surface area contributed by atoms with Crippen LogP contribution in [0.15, 0.2) is 6.33 Å². The van der Waals surface area contributed by atoms with Crippen LogP contribution in [0.1, 0.15) is 0 Å². The molecule has 0 fully saturated rings. The van der Waals surface area contributed by atoms with Gasteiger partial charge in [0.05, 0.1) is 13.2 Å². The van der Waals surface area contributed by atoms with E-state index in [-0.39, 0.29) is 0 Å². The Morgan fingerprint density at radius 3 is 3.31 bits per heavy atom. The summed E-state index contributed by atoms with van der Waals surface area (Å²) in [4.78, 5) is 20.0. The molecule has 0 unspecified atom stereocenters. The highest BCUT2D eigenvalue weighted by Crippen LogP contribution is 2.31. The lowest BCUT2D eigenvalue weighted by atomic mass is 10.4. The van der Waals surface area contributed by atoms with Crippen molar-refractivity contribution < 1.29 is 4.79 Å². The quantitative estimate of drug-likeness (QED) is 0.592. The minimum atomic E-state index is 0.316. The van der Waals surface area contributed by atoms with E-state index >= 15 is 0 Å². The SMILES string of the molecule is Nc1ncnc2c1NCN2CC=O. The molecule has 13 heavy (non-hydrogen) atoms. The van der Waals surface area contributed by atoms with E-state index in [1.54, 1.807) is 4.90 Å². The lowest BCUT2D eigenvalue weighted by molar-refractivity contribution is -0.106. The molecule has 3 N–H and O–H groups in total. The number of carbonyl (C=O) groups excluding carboxylic acids is 1. The zero-order valence-corrected chi connectivity index (χ0v) is 6.90. The Balaban J connectivity index is 2.37. The fraction of sp³-hybridized carbons (Fsp3) is 0.286. The number of hydrogen-bond acceptors (Lipinski definition) is 6. The summed E-state index contributed by atoms with van der Waals surface area (Å²) < 4.78 is 0. The highest BCUT2D eigenvalue weighted by Gasteiger charge is 2.21. The number of anilines is 3. The highest BCUT2D eigenvalue weighted by atomic mass is 16.1. The molecule has 0 radical (unpaired) electrons. The summed E-state index contributed by atoms with van der Waals surface area (Å²) in [5.41, 5.74) is 6.31. The predicted molar refractivity (Wildman–Crippen MR) is 48.3 cm³/mol. The normalized spacial score (nSPS) is 13.7. The van der Waals surface area contributed by atoms with Gasteiger partial charge in [-0.2, -0.15) is 0 Å². The Morgan fingerprint density at radius 2 is 2.54 bits per heavy atom. The van der Waals surface area contributed by atoms with Gasteiger partial charge < -0.3 is 20.7 Å². The zero-order chi connectivity index (χ0) is 9.26. The highest BCUT2D eigenvalue weighted by molar-refractivity contribution is 5.81. The number of nitrogens with one attached hydrogen (secondary N) is 1. The third-order valence-corrected chi connectivity index (χ3v) is 1.90. The number of aldehydes is 1. The first-order chi connectivity index (χ1) is 6.33. The summed E-state index contributed by atoms with van der Waals surface area (Å²) in [5, 5.41) is 3.02. The molecule has 0 amide bonds. The molecule has 68 valence electrons. The molecule has 0 aromatic carbocycles. The molecule has 1 aromatic rings. The van der Waals surface area contributed by atoms with Gasteiger partial charge in [-0.15, -0.1) is 0 Å². The van der Waals surface area contributed by atoms with Gasteiger partial charge in [0.2, 0.25) is 0 Å². The van der Waals surface area contributed by atoms with Gasteiger partial charge >= 0.3 is 0 Å². The minimum absolute atomic E-state index is 0.316. The van der Waals surface area contributed by atoms with Crippen LogP contribution in [0, 0.1) is 0 Å². The van der Waals surface area contributed by atoms with E-state index in [0.29, 0.717) is 30.5 Å². The molecule has 1 aliphatic rings. The summed E-state index contributed by atoms with van der Waals surface area (Å²) in [7, 11) is 0. The number of fused-ring (bicyclic) bond motifs is 1. The van der Waals surface area contributed by atoms with E-state index in [2.05, 4.69) is 15.3 Å². The molecular weight excluding hydrogens is 170 g/mol. The summed E-state index contributed by atoms with van der Waals surface area (Å²) >= 11 is 0. The average Bonchev–Trinajstić information content (AvgIpc) is 2.51. The number of aromatic nitrogens is 2. The first-order valence-corrected chi connectivity index (χ1v) is 3.86. The van der Waals surface area contributed by atoms with Crippen molar-refractivity contribution in [3.63, 3.8) is 0 Å². The summed E-state index contributed by atoms with van der Waals surface area (Å²) in [6.07, 6.45) is 2.22. The van der Waals surface area contributed by atoms with Gasteiger partial charge in [0, 0.05) is 0 Å². The van der Waals surface area contributed by atoms with Crippen LogP contribution in [0.25, 0.3) is 0 Å². The Hall–Kier alpha value is -1.85. The van der Waals surface area contributed by atoms with Crippen molar-refractivity contribution in [1.29, 1.82) is 0 Å². The van der Waals surface area contributed by atoms with Crippen molar-refractivity contribution in [3.05, 3.63) is 6.33 Å². The van der Waals surface area contributed by atoms with Crippen molar-refractivity contribution in [2.45, 2.75) is 0 Å². The van der Waals surface area contributed by atoms with Gasteiger partial charge in [-0.3, -0.25) is 0 Å². The number of rotatable bonds is 2. The fourth-order valence-corrected chi connectivity index (χ4v) is 1.29. The van der Waals surface area contributed by atoms with Gasteiger partial charge in [0.15, 0.2) is 11.6 Å². The van der Waals surface area contributed by atoms with Crippen LogP contribution in [-0.2, 0) is 4.79 Å². The largest absolute Gasteiger partial charge is 0.382 e. The number of carbonyl (C=O) groups is 1. The maximum absolute atomic E-state index is 10.3. The van der Waals surface area contributed by atoms with Crippen LogP contribution in [0.3, 0.4) is 0 Å². The summed E-state index contributed by atoms with van der Waals surface area (Å²) in [6, 6.07) is 0. The van der Waals surface area contributed by atoms with Gasteiger partial charge in [0.1, 0.15) is 18.3 Å². The van der Waals surface area contributed by atoms with Crippen LogP contribution < -0.4 is 16.0 Å². The first kappa shape index (κ1) is 7.78. The van der Waals surface area contributed by atoms with Gasteiger partial charge in [-0.25, -0.2) is 9.97 Å². The van der Waals surface area contributed by atoms with Crippen LogP contribution in [0.4, 0.5) is 17.3 Å². The second kappa shape index (κ2) is 2.89. The van der Waals surface area contributed by atoms with Crippen molar-refractivity contribution in [1.82, 2.24) is 9.97 Å². The van der Waals surface area contributed by atoms with E-state index in [0.717, 1.165) is 6.29 Å². The van der Waals surface area contributed by atoms with Crippen LogP contribution in [-0.4, -0.2) is 29.5 Å². The molecule has 1 aromatic heterocycles. The second-order valence-electron chi connectivity index (χ2n) is 2.68. The third kappa shape index (κ3) is 1.16. The Labute approximate surface area is 74.8 Å². The molecule has 2 rings (SSSR count). The molecular formula is C7H9N5O. The van der Waals surface area contributed by atoms with E-state index in [1.807, 2.05) is 0 Å². The van der Waals surface area contributed by atoms with E-state index < -0.39 is 0 Å². The van der Waals surface area contributed by atoms with E-state index in [1.165, 1.54) is 6.33 Å². The lowest BCUT2D eigenvalue weighted by Crippen LogP contribution is -2.25. The molecule has 0 bridgehead atoms. The fourth-order valence-electron chi connectivity index (χ4n) is 1.29. The smallest absolute Gasteiger partial charge is 0.159 e. The molecule has 0 saturated carbocycles. The standard InChI is InChI=1S/C7H9N5O/c8-6-5-7(10-3-9-6)12(1-2-13)4-11-5/h2-3,11H,1,4H2,(H2,8,9,10). The Bertz CT molecular complexity index is 340.